The van der Waals surface area contributed by atoms with Crippen molar-refractivity contribution in [1.82, 2.24) is 0 Å². The van der Waals surface area contributed by atoms with Gasteiger partial charge >= 0.3 is 0 Å². The highest BCUT2D eigenvalue weighted by Crippen LogP contribution is 2.24. The van der Waals surface area contributed by atoms with Gasteiger partial charge in [0.25, 0.3) is 0 Å². The Hall–Kier alpha value is -1.82. The minimum atomic E-state index is 1.07. The molecular formula is C20H26. The summed E-state index contributed by atoms with van der Waals surface area (Å²) in [5.74, 6) is 0. The lowest BCUT2D eigenvalue weighted by Crippen LogP contribution is -1.88. The molecule has 0 aromatic heterocycles. The maximum Gasteiger partial charge on any atom is -0.0181 e. The third-order valence-electron chi connectivity index (χ3n) is 3.25. The summed E-state index contributed by atoms with van der Waals surface area (Å²) in [5, 5.41) is 0. The van der Waals surface area contributed by atoms with Gasteiger partial charge in [-0.1, -0.05) is 81.0 Å². The summed E-state index contributed by atoms with van der Waals surface area (Å²) in [4.78, 5) is 0. The van der Waals surface area contributed by atoms with Crippen molar-refractivity contribution in [2.45, 2.75) is 41.0 Å². The highest BCUT2D eigenvalue weighted by Gasteiger charge is 2.02. The molecule has 2 aromatic carbocycles. The maximum absolute atomic E-state index is 2.31. The van der Waals surface area contributed by atoms with E-state index < -0.39 is 0 Å². The van der Waals surface area contributed by atoms with Gasteiger partial charge in [-0.15, -0.1) is 0 Å². The second-order valence-corrected chi connectivity index (χ2v) is 4.63. The number of allylic oxidation sites excluding steroid dienone is 1. The fourth-order valence-electron chi connectivity index (χ4n) is 2.18. The highest BCUT2D eigenvalue weighted by molar-refractivity contribution is 5.68. The topological polar surface area (TPSA) is 0 Å². The van der Waals surface area contributed by atoms with Crippen LogP contribution in [0.4, 0.5) is 0 Å². The van der Waals surface area contributed by atoms with Crippen LogP contribution in [-0.2, 0) is 6.42 Å². The molecule has 0 unspecified atom stereocenters. The van der Waals surface area contributed by atoms with E-state index in [1.807, 2.05) is 13.8 Å². The zero-order chi connectivity index (χ0) is 15.0. The Morgan fingerprint density at radius 2 is 1.50 bits per heavy atom. The van der Waals surface area contributed by atoms with Gasteiger partial charge in [0.05, 0.1) is 0 Å². The van der Waals surface area contributed by atoms with Gasteiger partial charge in [0.15, 0.2) is 0 Å². The van der Waals surface area contributed by atoms with Crippen molar-refractivity contribution >= 4 is 6.08 Å². The standard InChI is InChI=1S/C18H20.C2H6/c1-4-6-16-11-12-18(13-15(16)5-2)17-9-7-14(3)8-10-17;1-2/h4,6-13H,5H2,1-3H3;1-2H3/b6-4-;. The lowest BCUT2D eigenvalue weighted by atomic mass is 9.97. The van der Waals surface area contributed by atoms with E-state index in [0.717, 1.165) is 6.42 Å². The molecule has 2 rings (SSSR count). The summed E-state index contributed by atoms with van der Waals surface area (Å²) in [6.07, 6.45) is 5.34. The van der Waals surface area contributed by atoms with E-state index in [-0.39, 0.29) is 0 Å². The summed E-state index contributed by atoms with van der Waals surface area (Å²) in [7, 11) is 0. The molecule has 0 heteroatoms. The molecule has 2 aromatic rings. The number of rotatable bonds is 3. The van der Waals surface area contributed by atoms with Crippen LogP contribution < -0.4 is 0 Å². The Kier molecular flexibility index (Phi) is 6.79. The van der Waals surface area contributed by atoms with Crippen LogP contribution in [0.25, 0.3) is 17.2 Å². The largest absolute Gasteiger partial charge is 0.0871 e. The molecule has 0 saturated carbocycles. The molecule has 0 nitrogen and oxygen atoms in total. The van der Waals surface area contributed by atoms with E-state index >= 15 is 0 Å². The smallest absolute Gasteiger partial charge is 0.0181 e. The number of aryl methyl sites for hydroxylation is 2. The maximum atomic E-state index is 2.31. The SMILES string of the molecule is C/C=C\c1ccc(-c2ccc(C)cc2)cc1CC.CC. The van der Waals surface area contributed by atoms with Gasteiger partial charge in [-0.2, -0.15) is 0 Å². The molecule has 0 aliphatic rings. The third kappa shape index (κ3) is 4.09. The average molecular weight is 266 g/mol. The predicted molar refractivity (Wildman–Crippen MR) is 92.0 cm³/mol. The summed E-state index contributed by atoms with van der Waals surface area (Å²) in [6, 6.07) is 15.5. The van der Waals surface area contributed by atoms with E-state index in [1.165, 1.54) is 27.8 Å². The van der Waals surface area contributed by atoms with Gasteiger partial charge in [-0.05, 0) is 42.5 Å². The molecule has 0 saturated heterocycles. The van der Waals surface area contributed by atoms with E-state index in [1.54, 1.807) is 0 Å². The van der Waals surface area contributed by atoms with Gasteiger partial charge in [-0.25, -0.2) is 0 Å². The van der Waals surface area contributed by atoms with Crippen molar-refractivity contribution < 1.29 is 0 Å². The van der Waals surface area contributed by atoms with Crippen molar-refractivity contribution in [3.63, 3.8) is 0 Å². The lowest BCUT2D eigenvalue weighted by Gasteiger charge is -2.08. The van der Waals surface area contributed by atoms with Crippen LogP contribution in [0, 0.1) is 6.92 Å². The quantitative estimate of drug-likeness (QED) is 0.613. The van der Waals surface area contributed by atoms with Crippen LogP contribution in [0.5, 0.6) is 0 Å². The van der Waals surface area contributed by atoms with Crippen molar-refractivity contribution in [2.75, 3.05) is 0 Å². The van der Waals surface area contributed by atoms with Crippen LogP contribution in [0.15, 0.2) is 48.5 Å². The molecule has 0 heterocycles. The molecule has 0 bridgehead atoms. The molecular weight excluding hydrogens is 240 g/mol. The Bertz CT molecular complexity index is 545. The predicted octanol–water partition coefficient (Wildman–Crippen LogP) is 6.28. The van der Waals surface area contributed by atoms with E-state index in [4.69, 9.17) is 0 Å². The molecule has 0 aliphatic carbocycles. The van der Waals surface area contributed by atoms with E-state index in [0.29, 0.717) is 0 Å². The average Bonchev–Trinajstić information content (AvgIpc) is 2.51. The van der Waals surface area contributed by atoms with E-state index in [2.05, 4.69) is 75.4 Å². The Morgan fingerprint density at radius 3 is 2.05 bits per heavy atom. The monoisotopic (exact) mass is 266 g/mol. The Labute approximate surface area is 124 Å². The zero-order valence-electron chi connectivity index (χ0n) is 13.4. The van der Waals surface area contributed by atoms with Crippen molar-refractivity contribution in [2.24, 2.45) is 0 Å². The second kappa shape index (κ2) is 8.37. The Morgan fingerprint density at radius 1 is 0.900 bits per heavy atom. The molecule has 0 spiro atoms. The molecule has 0 N–H and O–H groups in total. The minimum Gasteiger partial charge on any atom is -0.0871 e. The van der Waals surface area contributed by atoms with Crippen molar-refractivity contribution in [1.29, 1.82) is 0 Å². The molecule has 0 fully saturated rings. The van der Waals surface area contributed by atoms with Gasteiger partial charge < -0.3 is 0 Å². The first kappa shape index (κ1) is 16.2. The summed E-state index contributed by atoms with van der Waals surface area (Å²) in [5.41, 5.74) is 6.64. The van der Waals surface area contributed by atoms with Gasteiger partial charge in [0.1, 0.15) is 0 Å². The molecule has 0 aliphatic heterocycles. The first-order chi connectivity index (χ1) is 9.74. The molecule has 20 heavy (non-hydrogen) atoms. The van der Waals surface area contributed by atoms with Crippen LogP contribution >= 0.6 is 0 Å². The second-order valence-electron chi connectivity index (χ2n) is 4.63. The van der Waals surface area contributed by atoms with E-state index in [9.17, 15) is 0 Å². The third-order valence-corrected chi connectivity index (χ3v) is 3.25. The first-order valence-corrected chi connectivity index (χ1v) is 7.57. The van der Waals surface area contributed by atoms with Crippen LogP contribution in [-0.4, -0.2) is 0 Å². The number of hydrogen-bond acceptors (Lipinski definition) is 0. The number of benzene rings is 2. The molecule has 0 radical (unpaired) electrons. The number of hydrogen-bond donors (Lipinski definition) is 0. The highest BCUT2D eigenvalue weighted by atomic mass is 14.1. The van der Waals surface area contributed by atoms with Gasteiger partial charge in [-0.3, -0.25) is 0 Å². The fraction of sp³-hybridized carbons (Fsp3) is 0.300. The molecule has 106 valence electrons. The Balaban J connectivity index is 0.000000956. The summed E-state index contributed by atoms with van der Waals surface area (Å²) < 4.78 is 0. The first-order valence-electron chi connectivity index (χ1n) is 7.57. The van der Waals surface area contributed by atoms with Crippen LogP contribution in [0.1, 0.15) is 44.4 Å². The zero-order valence-corrected chi connectivity index (χ0v) is 13.4. The minimum absolute atomic E-state index is 1.07. The summed E-state index contributed by atoms with van der Waals surface area (Å²) in [6.45, 7) is 10.4. The van der Waals surface area contributed by atoms with Gasteiger partial charge in [0.2, 0.25) is 0 Å². The summed E-state index contributed by atoms with van der Waals surface area (Å²) >= 11 is 0. The van der Waals surface area contributed by atoms with Crippen LogP contribution in [0.3, 0.4) is 0 Å². The molecule has 0 amide bonds. The van der Waals surface area contributed by atoms with Crippen LogP contribution in [0.2, 0.25) is 0 Å². The molecule has 0 atom stereocenters. The van der Waals surface area contributed by atoms with Gasteiger partial charge in [0, 0.05) is 0 Å². The lowest BCUT2D eigenvalue weighted by molar-refractivity contribution is 1.13. The fourth-order valence-corrected chi connectivity index (χ4v) is 2.18. The van der Waals surface area contributed by atoms with Crippen molar-refractivity contribution in [3.8, 4) is 11.1 Å². The normalized spacial score (nSPS) is 10.2. The van der Waals surface area contributed by atoms with Crippen molar-refractivity contribution in [3.05, 3.63) is 65.2 Å².